The molecule has 1 unspecified atom stereocenters. The fourth-order valence-electron chi connectivity index (χ4n) is 2.55. The predicted molar refractivity (Wildman–Crippen MR) is 96.4 cm³/mol. The van der Waals surface area contributed by atoms with Gasteiger partial charge in [0.2, 0.25) is 5.91 Å². The average molecular weight is 362 g/mol. The molecule has 1 heterocycles. The van der Waals surface area contributed by atoms with Crippen molar-refractivity contribution in [3.63, 3.8) is 0 Å². The molecule has 5 nitrogen and oxygen atoms in total. The van der Waals surface area contributed by atoms with Crippen molar-refractivity contribution in [1.82, 2.24) is 0 Å². The fraction of sp³-hybridized carbons (Fsp3) is 0.316. The van der Waals surface area contributed by atoms with E-state index in [4.69, 9.17) is 25.8 Å². The summed E-state index contributed by atoms with van der Waals surface area (Å²) >= 11 is 6.04. The van der Waals surface area contributed by atoms with Gasteiger partial charge in [-0.15, -0.1) is 0 Å². The first-order valence-corrected chi connectivity index (χ1v) is 8.60. The molecule has 1 saturated heterocycles. The number of rotatable bonds is 7. The molecule has 25 heavy (non-hydrogen) atoms. The Bertz CT molecular complexity index is 702. The van der Waals surface area contributed by atoms with Crippen molar-refractivity contribution in [2.24, 2.45) is 0 Å². The second kappa shape index (κ2) is 8.85. The van der Waals surface area contributed by atoms with E-state index in [0.717, 1.165) is 19.4 Å². The van der Waals surface area contributed by atoms with Crippen LogP contribution in [-0.4, -0.2) is 31.8 Å². The molecule has 1 amide bonds. The molecule has 132 valence electrons. The number of nitrogens with one attached hydrogen (secondary N) is 1. The number of ether oxygens (including phenoxy) is 3. The van der Waals surface area contributed by atoms with Gasteiger partial charge in [-0.05, 0) is 43.2 Å². The molecule has 0 radical (unpaired) electrons. The summed E-state index contributed by atoms with van der Waals surface area (Å²) in [7, 11) is 0. The van der Waals surface area contributed by atoms with Crippen LogP contribution in [0.3, 0.4) is 0 Å². The molecule has 1 N–H and O–H groups in total. The minimum absolute atomic E-state index is 0.0445. The summed E-state index contributed by atoms with van der Waals surface area (Å²) in [6.45, 7) is 1.15. The van der Waals surface area contributed by atoms with Gasteiger partial charge in [-0.3, -0.25) is 4.79 Å². The summed E-state index contributed by atoms with van der Waals surface area (Å²) in [4.78, 5) is 12.1. The number of carbonyl (C=O) groups excluding carboxylic acids is 1. The monoisotopic (exact) mass is 361 g/mol. The van der Waals surface area contributed by atoms with E-state index in [1.54, 1.807) is 18.2 Å². The Morgan fingerprint density at radius 3 is 2.84 bits per heavy atom. The fourth-order valence-corrected chi connectivity index (χ4v) is 2.72. The molecule has 1 atom stereocenters. The second-order valence-electron chi connectivity index (χ2n) is 5.75. The largest absolute Gasteiger partial charge is 0.455 e. The van der Waals surface area contributed by atoms with Crippen molar-refractivity contribution in [2.75, 3.05) is 25.1 Å². The van der Waals surface area contributed by atoms with Gasteiger partial charge in [0, 0.05) is 11.6 Å². The zero-order valence-corrected chi connectivity index (χ0v) is 14.5. The number of halogens is 1. The van der Waals surface area contributed by atoms with Crippen LogP contribution in [0.1, 0.15) is 12.8 Å². The Kier molecular flexibility index (Phi) is 6.28. The molecule has 2 aromatic carbocycles. The molecule has 1 aliphatic heterocycles. The summed E-state index contributed by atoms with van der Waals surface area (Å²) in [6, 6.07) is 14.4. The van der Waals surface area contributed by atoms with Gasteiger partial charge in [-0.1, -0.05) is 29.8 Å². The maximum atomic E-state index is 12.1. The number of anilines is 1. The van der Waals surface area contributed by atoms with Crippen LogP contribution in [-0.2, 0) is 14.3 Å². The van der Waals surface area contributed by atoms with Gasteiger partial charge in [-0.25, -0.2) is 0 Å². The smallest absolute Gasteiger partial charge is 0.250 e. The molecule has 0 spiro atoms. The van der Waals surface area contributed by atoms with Crippen LogP contribution < -0.4 is 10.1 Å². The van der Waals surface area contributed by atoms with E-state index in [1.165, 1.54) is 0 Å². The molecule has 1 aliphatic rings. The molecule has 2 aromatic rings. The minimum atomic E-state index is -0.266. The van der Waals surface area contributed by atoms with Crippen LogP contribution in [0.2, 0.25) is 5.02 Å². The molecule has 0 aromatic heterocycles. The van der Waals surface area contributed by atoms with Crippen LogP contribution in [0.15, 0.2) is 48.5 Å². The van der Waals surface area contributed by atoms with Crippen molar-refractivity contribution < 1.29 is 19.0 Å². The first kappa shape index (κ1) is 17.7. The van der Waals surface area contributed by atoms with Crippen LogP contribution in [0.25, 0.3) is 0 Å². The summed E-state index contributed by atoms with van der Waals surface area (Å²) in [5.41, 5.74) is 0.502. The van der Waals surface area contributed by atoms with E-state index in [1.807, 2.05) is 30.3 Å². The zero-order chi connectivity index (χ0) is 17.5. The van der Waals surface area contributed by atoms with E-state index >= 15 is 0 Å². The summed E-state index contributed by atoms with van der Waals surface area (Å²) in [6.07, 6.45) is 2.12. The first-order chi connectivity index (χ1) is 12.2. The maximum absolute atomic E-state index is 12.1. The van der Waals surface area contributed by atoms with E-state index < -0.39 is 0 Å². The van der Waals surface area contributed by atoms with Gasteiger partial charge in [-0.2, -0.15) is 0 Å². The third-order valence-corrected chi connectivity index (χ3v) is 3.98. The SMILES string of the molecule is O=C(COCC1CCCO1)Nc1cc(Cl)ccc1Oc1ccccc1. The summed E-state index contributed by atoms with van der Waals surface area (Å²) in [5.74, 6) is 0.927. The number of hydrogen-bond donors (Lipinski definition) is 1. The highest BCUT2D eigenvalue weighted by Crippen LogP contribution is 2.32. The molecule has 0 saturated carbocycles. The quantitative estimate of drug-likeness (QED) is 0.800. The van der Waals surface area contributed by atoms with Crippen molar-refractivity contribution in [1.29, 1.82) is 0 Å². The lowest BCUT2D eigenvalue weighted by Gasteiger charge is -2.14. The predicted octanol–water partition coefficient (Wildman–Crippen LogP) is 4.27. The Hall–Kier alpha value is -2.08. The van der Waals surface area contributed by atoms with Crippen molar-refractivity contribution in [3.05, 3.63) is 53.6 Å². The molecule has 3 rings (SSSR count). The third-order valence-electron chi connectivity index (χ3n) is 3.75. The highest BCUT2D eigenvalue weighted by atomic mass is 35.5. The van der Waals surface area contributed by atoms with E-state index in [2.05, 4.69) is 5.32 Å². The number of hydrogen-bond acceptors (Lipinski definition) is 4. The standard InChI is InChI=1S/C19H20ClNO4/c20-14-8-9-18(25-15-5-2-1-3-6-15)17(11-14)21-19(22)13-23-12-16-7-4-10-24-16/h1-3,5-6,8-9,11,16H,4,7,10,12-13H2,(H,21,22). The molecule has 0 bridgehead atoms. The normalized spacial score (nSPS) is 16.6. The van der Waals surface area contributed by atoms with Gasteiger partial charge < -0.3 is 19.5 Å². The third kappa shape index (κ3) is 5.46. The van der Waals surface area contributed by atoms with Crippen LogP contribution in [0, 0.1) is 0 Å². The Morgan fingerprint density at radius 2 is 2.08 bits per heavy atom. The summed E-state index contributed by atoms with van der Waals surface area (Å²) < 4.78 is 16.7. The number of carbonyl (C=O) groups is 1. The minimum Gasteiger partial charge on any atom is -0.455 e. The van der Waals surface area contributed by atoms with Gasteiger partial charge in [0.05, 0.1) is 18.4 Å². The van der Waals surface area contributed by atoms with Crippen molar-refractivity contribution in [3.8, 4) is 11.5 Å². The molecule has 0 aliphatic carbocycles. The summed E-state index contributed by atoms with van der Waals surface area (Å²) in [5, 5.41) is 3.29. The van der Waals surface area contributed by atoms with Gasteiger partial charge in [0.1, 0.15) is 12.4 Å². The lowest BCUT2D eigenvalue weighted by molar-refractivity contribution is -0.121. The van der Waals surface area contributed by atoms with E-state index in [9.17, 15) is 4.79 Å². The number of benzene rings is 2. The lowest BCUT2D eigenvalue weighted by atomic mass is 10.2. The lowest BCUT2D eigenvalue weighted by Crippen LogP contribution is -2.22. The van der Waals surface area contributed by atoms with Crippen LogP contribution in [0.4, 0.5) is 5.69 Å². The van der Waals surface area contributed by atoms with Gasteiger partial charge >= 0.3 is 0 Å². The number of para-hydroxylation sites is 1. The van der Waals surface area contributed by atoms with Crippen LogP contribution in [0.5, 0.6) is 11.5 Å². The average Bonchev–Trinajstić information content (AvgIpc) is 3.12. The van der Waals surface area contributed by atoms with Gasteiger partial charge in [0.15, 0.2) is 5.75 Å². The number of amides is 1. The Morgan fingerprint density at radius 1 is 1.24 bits per heavy atom. The maximum Gasteiger partial charge on any atom is 0.250 e. The van der Waals surface area contributed by atoms with Crippen molar-refractivity contribution in [2.45, 2.75) is 18.9 Å². The first-order valence-electron chi connectivity index (χ1n) is 8.22. The Balaban J connectivity index is 1.58. The van der Waals surface area contributed by atoms with E-state index in [0.29, 0.717) is 28.8 Å². The van der Waals surface area contributed by atoms with Gasteiger partial charge in [0.25, 0.3) is 0 Å². The van der Waals surface area contributed by atoms with E-state index in [-0.39, 0.29) is 18.6 Å². The van der Waals surface area contributed by atoms with Crippen molar-refractivity contribution >= 4 is 23.2 Å². The topological polar surface area (TPSA) is 56.8 Å². The molecular formula is C19H20ClNO4. The molecule has 6 heteroatoms. The second-order valence-corrected chi connectivity index (χ2v) is 6.19. The van der Waals surface area contributed by atoms with Crippen LogP contribution >= 0.6 is 11.6 Å². The molecule has 1 fully saturated rings. The highest BCUT2D eigenvalue weighted by molar-refractivity contribution is 6.31. The zero-order valence-electron chi connectivity index (χ0n) is 13.7. The highest BCUT2D eigenvalue weighted by Gasteiger charge is 2.16. The Labute approximate surface area is 151 Å². The molecular weight excluding hydrogens is 342 g/mol.